The van der Waals surface area contributed by atoms with Crippen molar-refractivity contribution in [2.24, 2.45) is 0 Å². The largest absolute Gasteiger partial charge is 0.454 e. The Kier molecular flexibility index (Phi) is 4.09. The zero-order valence-electron chi connectivity index (χ0n) is 14.5. The Morgan fingerprint density at radius 1 is 1.28 bits per heavy atom. The van der Waals surface area contributed by atoms with Crippen molar-refractivity contribution in [2.75, 3.05) is 27.4 Å². The first kappa shape index (κ1) is 16.0. The van der Waals surface area contributed by atoms with Crippen molar-refractivity contribution in [1.82, 2.24) is 19.6 Å². The minimum absolute atomic E-state index is 0.0137. The molecule has 1 amide bonds. The molecule has 0 fully saturated rings. The molecular formula is C18H22N4O3. The molecule has 132 valence electrons. The summed E-state index contributed by atoms with van der Waals surface area (Å²) in [4.78, 5) is 17.3. The van der Waals surface area contributed by atoms with Gasteiger partial charge in [-0.3, -0.25) is 9.48 Å². The highest BCUT2D eigenvalue weighted by molar-refractivity contribution is 5.95. The van der Waals surface area contributed by atoms with E-state index in [4.69, 9.17) is 9.47 Å². The highest BCUT2D eigenvalue weighted by Gasteiger charge is 2.30. The number of fused-ring (bicyclic) bond motifs is 2. The van der Waals surface area contributed by atoms with E-state index in [0.29, 0.717) is 23.6 Å². The molecule has 25 heavy (non-hydrogen) atoms. The number of aryl methyl sites for hydroxylation is 1. The average molecular weight is 342 g/mol. The number of benzene rings is 1. The van der Waals surface area contributed by atoms with E-state index in [1.807, 2.05) is 35.8 Å². The van der Waals surface area contributed by atoms with Crippen molar-refractivity contribution in [3.63, 3.8) is 0 Å². The fourth-order valence-corrected chi connectivity index (χ4v) is 3.47. The predicted octanol–water partition coefficient (Wildman–Crippen LogP) is 1.59. The summed E-state index contributed by atoms with van der Waals surface area (Å²) in [6.45, 7) is 2.41. The van der Waals surface area contributed by atoms with Crippen molar-refractivity contribution >= 4 is 5.91 Å². The Morgan fingerprint density at radius 2 is 2.12 bits per heavy atom. The predicted molar refractivity (Wildman–Crippen MR) is 91.6 cm³/mol. The lowest BCUT2D eigenvalue weighted by molar-refractivity contribution is 0.0626. The van der Waals surface area contributed by atoms with Gasteiger partial charge in [-0.2, -0.15) is 5.10 Å². The first-order valence-corrected chi connectivity index (χ1v) is 8.48. The lowest BCUT2D eigenvalue weighted by atomic mass is 10.1. The lowest BCUT2D eigenvalue weighted by Gasteiger charge is -2.31. The zero-order chi connectivity index (χ0) is 17.4. The molecule has 1 unspecified atom stereocenters. The maximum atomic E-state index is 13.3. The SMILES string of the molecule is CN(C)CC1CCn2nccc2CN1C(=O)c1ccc2c(c1)OCO2. The number of hydrogen-bond donors (Lipinski definition) is 0. The molecule has 0 spiro atoms. The van der Waals surface area contributed by atoms with Crippen LogP contribution in [0.3, 0.4) is 0 Å². The van der Waals surface area contributed by atoms with E-state index in [2.05, 4.69) is 10.00 Å². The van der Waals surface area contributed by atoms with Gasteiger partial charge in [-0.25, -0.2) is 0 Å². The number of carbonyl (C=O) groups is 1. The number of amides is 1. The van der Waals surface area contributed by atoms with Crippen molar-refractivity contribution in [3.05, 3.63) is 41.7 Å². The zero-order valence-corrected chi connectivity index (χ0v) is 14.5. The second kappa shape index (κ2) is 6.40. The molecule has 0 saturated heterocycles. The summed E-state index contributed by atoms with van der Waals surface area (Å²) < 4.78 is 12.8. The molecular weight excluding hydrogens is 320 g/mol. The van der Waals surface area contributed by atoms with Gasteiger partial charge in [-0.15, -0.1) is 0 Å². The van der Waals surface area contributed by atoms with Gasteiger partial charge in [0.15, 0.2) is 11.5 Å². The van der Waals surface area contributed by atoms with Crippen LogP contribution in [0.15, 0.2) is 30.5 Å². The molecule has 4 rings (SSSR count). The molecule has 1 aromatic heterocycles. The molecule has 1 atom stereocenters. The minimum atomic E-state index is 0.0137. The van der Waals surface area contributed by atoms with E-state index in [-0.39, 0.29) is 18.7 Å². The second-order valence-corrected chi connectivity index (χ2v) is 6.75. The molecule has 0 radical (unpaired) electrons. The van der Waals surface area contributed by atoms with Crippen molar-refractivity contribution in [3.8, 4) is 11.5 Å². The van der Waals surface area contributed by atoms with Gasteiger partial charge in [0.25, 0.3) is 5.91 Å². The lowest BCUT2D eigenvalue weighted by Crippen LogP contribution is -2.44. The Morgan fingerprint density at radius 3 is 2.96 bits per heavy atom. The maximum absolute atomic E-state index is 13.3. The van der Waals surface area contributed by atoms with Gasteiger partial charge in [0.1, 0.15) is 0 Å². The molecule has 7 nitrogen and oxygen atoms in total. The Hall–Kier alpha value is -2.54. The smallest absolute Gasteiger partial charge is 0.254 e. The van der Waals surface area contributed by atoms with Crippen LogP contribution in [0.1, 0.15) is 22.5 Å². The van der Waals surface area contributed by atoms with Crippen molar-refractivity contribution in [2.45, 2.75) is 25.6 Å². The standard InChI is InChI=1S/C18H22N4O3/c1-20(2)10-14-6-8-22-15(5-7-19-22)11-21(14)18(23)13-3-4-16-17(9-13)25-12-24-16/h3-5,7,9,14H,6,8,10-12H2,1-2H3. The molecule has 0 aliphatic carbocycles. The summed E-state index contributed by atoms with van der Waals surface area (Å²) in [6, 6.07) is 7.51. The van der Waals surface area contributed by atoms with Crippen LogP contribution in [0, 0.1) is 0 Å². The third kappa shape index (κ3) is 3.07. The summed E-state index contributed by atoms with van der Waals surface area (Å²) in [5.74, 6) is 1.34. The van der Waals surface area contributed by atoms with Crippen molar-refractivity contribution < 1.29 is 14.3 Å². The van der Waals surface area contributed by atoms with Crippen LogP contribution in [-0.4, -0.2) is 59.0 Å². The highest BCUT2D eigenvalue weighted by Crippen LogP contribution is 2.33. The first-order chi connectivity index (χ1) is 12.1. The number of ether oxygens (including phenoxy) is 2. The van der Waals surface area contributed by atoms with E-state index < -0.39 is 0 Å². The summed E-state index contributed by atoms with van der Waals surface area (Å²) in [6.07, 6.45) is 2.67. The quantitative estimate of drug-likeness (QED) is 0.848. The molecule has 0 saturated carbocycles. The summed E-state index contributed by atoms with van der Waals surface area (Å²) in [7, 11) is 4.07. The molecule has 2 aliphatic heterocycles. The van der Waals surface area contributed by atoms with E-state index in [1.165, 1.54) is 0 Å². The maximum Gasteiger partial charge on any atom is 0.254 e. The first-order valence-electron chi connectivity index (χ1n) is 8.48. The highest BCUT2D eigenvalue weighted by atomic mass is 16.7. The number of rotatable bonds is 3. The molecule has 3 heterocycles. The normalized spacial score (nSPS) is 19.0. The Bertz CT molecular complexity index is 786. The number of nitrogens with zero attached hydrogens (tertiary/aromatic N) is 4. The third-order valence-electron chi connectivity index (χ3n) is 4.71. The van der Waals surface area contributed by atoms with E-state index in [9.17, 15) is 4.79 Å². The van der Waals surface area contributed by atoms with Crippen molar-refractivity contribution in [1.29, 1.82) is 0 Å². The third-order valence-corrected chi connectivity index (χ3v) is 4.71. The van der Waals surface area contributed by atoms with Gasteiger partial charge in [0, 0.05) is 30.9 Å². The van der Waals surface area contributed by atoms with Crippen LogP contribution >= 0.6 is 0 Å². The molecule has 1 aromatic carbocycles. The summed E-state index contributed by atoms with van der Waals surface area (Å²) in [5, 5.41) is 4.37. The van der Waals surface area contributed by atoms with Gasteiger partial charge < -0.3 is 19.3 Å². The number of likely N-dealkylation sites (N-methyl/N-ethyl adjacent to an activating group) is 1. The number of aromatic nitrogens is 2. The molecule has 2 aromatic rings. The van der Waals surface area contributed by atoms with Crippen LogP contribution in [0.4, 0.5) is 0 Å². The number of carbonyl (C=O) groups excluding carboxylic acids is 1. The fraction of sp³-hybridized carbons (Fsp3) is 0.444. The topological polar surface area (TPSA) is 59.8 Å². The monoisotopic (exact) mass is 342 g/mol. The van der Waals surface area contributed by atoms with Crippen LogP contribution in [0.2, 0.25) is 0 Å². The van der Waals surface area contributed by atoms with E-state index >= 15 is 0 Å². The number of hydrogen-bond acceptors (Lipinski definition) is 5. The molecule has 7 heteroatoms. The van der Waals surface area contributed by atoms with Gasteiger partial charge >= 0.3 is 0 Å². The fourth-order valence-electron chi connectivity index (χ4n) is 3.47. The van der Waals surface area contributed by atoms with Gasteiger partial charge in [-0.1, -0.05) is 0 Å². The minimum Gasteiger partial charge on any atom is -0.454 e. The summed E-state index contributed by atoms with van der Waals surface area (Å²) >= 11 is 0. The second-order valence-electron chi connectivity index (χ2n) is 6.75. The molecule has 0 N–H and O–H groups in total. The average Bonchev–Trinajstić information content (AvgIpc) is 3.21. The Balaban J connectivity index is 1.64. The van der Waals surface area contributed by atoms with Crippen LogP contribution < -0.4 is 9.47 Å². The molecule has 0 bridgehead atoms. The summed E-state index contributed by atoms with van der Waals surface area (Å²) in [5.41, 5.74) is 1.69. The van der Waals surface area contributed by atoms with Crippen LogP contribution in [0.5, 0.6) is 11.5 Å². The van der Waals surface area contributed by atoms with Crippen LogP contribution in [-0.2, 0) is 13.1 Å². The van der Waals surface area contributed by atoms with Crippen LogP contribution in [0.25, 0.3) is 0 Å². The van der Waals surface area contributed by atoms with Gasteiger partial charge in [-0.05, 0) is 44.8 Å². The molecule has 2 aliphatic rings. The van der Waals surface area contributed by atoms with E-state index in [1.54, 1.807) is 18.3 Å². The van der Waals surface area contributed by atoms with Gasteiger partial charge in [0.05, 0.1) is 12.2 Å². The van der Waals surface area contributed by atoms with Gasteiger partial charge in [0.2, 0.25) is 6.79 Å². The Labute approximate surface area is 146 Å². The van der Waals surface area contributed by atoms with E-state index in [0.717, 1.165) is 25.2 Å².